The van der Waals surface area contributed by atoms with Crippen LogP contribution in [0.3, 0.4) is 0 Å². The first-order valence-electron chi connectivity index (χ1n) is 7.16. The zero-order chi connectivity index (χ0) is 17.4. The fourth-order valence-electron chi connectivity index (χ4n) is 1.81. The van der Waals surface area contributed by atoms with Gasteiger partial charge < -0.3 is 19.9 Å². The molecule has 2 aromatic carbocycles. The average Bonchev–Trinajstić information content (AvgIpc) is 2.59. The van der Waals surface area contributed by atoms with E-state index in [4.69, 9.17) is 9.47 Å². The molecule has 0 saturated heterocycles. The molecule has 0 aliphatic heterocycles. The summed E-state index contributed by atoms with van der Waals surface area (Å²) in [7, 11) is 0. The normalized spacial score (nSPS) is 10.0. The van der Waals surface area contributed by atoms with Gasteiger partial charge in [0.05, 0.1) is 6.54 Å². The van der Waals surface area contributed by atoms with Crippen molar-refractivity contribution in [3.8, 4) is 11.5 Å². The molecule has 0 aliphatic rings. The lowest BCUT2D eigenvalue weighted by molar-refractivity contribution is -0.124. The molecule has 2 aromatic rings. The van der Waals surface area contributed by atoms with Gasteiger partial charge in [-0.3, -0.25) is 4.79 Å². The van der Waals surface area contributed by atoms with Crippen molar-refractivity contribution in [1.82, 2.24) is 5.32 Å². The number of hydrogen-bond acceptors (Lipinski definition) is 5. The summed E-state index contributed by atoms with van der Waals surface area (Å²) in [6.45, 7) is 0.152. The number of carbonyl (C=O) groups excluding carboxylic acids is 2. The summed E-state index contributed by atoms with van der Waals surface area (Å²) < 4.78 is 10.9. The molecular weight excluding hydrogens is 378 g/mol. The predicted molar refractivity (Wildman–Crippen MR) is 91.0 cm³/mol. The van der Waals surface area contributed by atoms with Crippen LogP contribution in [0.25, 0.3) is 0 Å². The van der Waals surface area contributed by atoms with Crippen LogP contribution >= 0.6 is 15.9 Å². The van der Waals surface area contributed by atoms with Crippen molar-refractivity contribution in [2.24, 2.45) is 0 Å². The van der Waals surface area contributed by atoms with Gasteiger partial charge in [0.1, 0.15) is 23.7 Å². The molecule has 0 heterocycles. The van der Waals surface area contributed by atoms with Crippen LogP contribution in [0.1, 0.15) is 10.4 Å². The number of hydrogen-bond donors (Lipinski definition) is 2. The van der Waals surface area contributed by atoms with Gasteiger partial charge in [0.15, 0.2) is 6.61 Å². The van der Waals surface area contributed by atoms with Gasteiger partial charge >= 0.3 is 5.97 Å². The number of esters is 1. The topological polar surface area (TPSA) is 84.9 Å². The molecule has 2 rings (SSSR count). The van der Waals surface area contributed by atoms with Crippen LogP contribution < -0.4 is 10.1 Å². The van der Waals surface area contributed by atoms with Gasteiger partial charge in [0.2, 0.25) is 0 Å². The van der Waals surface area contributed by atoms with E-state index < -0.39 is 18.5 Å². The lowest BCUT2D eigenvalue weighted by atomic mass is 10.2. The molecule has 0 radical (unpaired) electrons. The van der Waals surface area contributed by atoms with E-state index in [0.29, 0.717) is 16.8 Å². The number of phenols is 1. The van der Waals surface area contributed by atoms with Gasteiger partial charge in [-0.25, -0.2) is 4.79 Å². The summed E-state index contributed by atoms with van der Waals surface area (Å²) in [6.07, 6.45) is 0. The smallest absolute Gasteiger partial charge is 0.342 e. The SMILES string of the molecule is O=C(COC(=O)c1cc(Br)ccc1O)NCCOc1ccccc1. The monoisotopic (exact) mass is 393 g/mol. The van der Waals surface area contributed by atoms with Crippen molar-refractivity contribution >= 4 is 27.8 Å². The third-order valence-electron chi connectivity index (χ3n) is 2.95. The van der Waals surface area contributed by atoms with Crippen molar-refractivity contribution in [3.05, 3.63) is 58.6 Å². The maximum Gasteiger partial charge on any atom is 0.342 e. The third kappa shape index (κ3) is 5.58. The van der Waals surface area contributed by atoms with Gasteiger partial charge in [-0.1, -0.05) is 34.1 Å². The Hall–Kier alpha value is -2.54. The average molecular weight is 394 g/mol. The largest absolute Gasteiger partial charge is 0.507 e. The fourth-order valence-corrected chi connectivity index (χ4v) is 2.17. The number of halogens is 1. The summed E-state index contributed by atoms with van der Waals surface area (Å²) in [5.41, 5.74) is -0.00964. The molecule has 126 valence electrons. The lowest BCUT2D eigenvalue weighted by Crippen LogP contribution is -2.32. The number of nitrogens with one attached hydrogen (secondary N) is 1. The van der Waals surface area contributed by atoms with Crippen LogP contribution in [0, 0.1) is 0 Å². The number of amides is 1. The second-order valence-corrected chi connectivity index (χ2v) is 5.66. The van der Waals surface area contributed by atoms with Crippen molar-refractivity contribution in [2.75, 3.05) is 19.8 Å². The Kier molecular flexibility index (Phi) is 6.62. The molecular formula is C17H16BrNO5. The molecule has 0 aliphatic carbocycles. The highest BCUT2D eigenvalue weighted by Crippen LogP contribution is 2.22. The zero-order valence-corrected chi connectivity index (χ0v) is 14.3. The molecule has 0 aromatic heterocycles. The van der Waals surface area contributed by atoms with Gasteiger partial charge in [-0.05, 0) is 30.3 Å². The second kappa shape index (κ2) is 8.93. The molecule has 0 spiro atoms. The van der Waals surface area contributed by atoms with Crippen molar-refractivity contribution in [2.45, 2.75) is 0 Å². The number of para-hydroxylation sites is 1. The van der Waals surface area contributed by atoms with E-state index in [0.717, 1.165) is 0 Å². The first-order valence-corrected chi connectivity index (χ1v) is 7.96. The number of aromatic hydroxyl groups is 1. The fraction of sp³-hybridized carbons (Fsp3) is 0.176. The molecule has 0 atom stereocenters. The minimum Gasteiger partial charge on any atom is -0.507 e. The molecule has 0 fully saturated rings. The van der Waals surface area contributed by atoms with Crippen molar-refractivity contribution in [1.29, 1.82) is 0 Å². The Bertz CT molecular complexity index is 705. The van der Waals surface area contributed by atoms with Crippen LogP contribution in [0.5, 0.6) is 11.5 Å². The highest BCUT2D eigenvalue weighted by molar-refractivity contribution is 9.10. The van der Waals surface area contributed by atoms with Crippen LogP contribution in [0.4, 0.5) is 0 Å². The number of rotatable bonds is 7. The number of ether oxygens (including phenoxy) is 2. The highest BCUT2D eigenvalue weighted by atomic mass is 79.9. The standard InChI is InChI=1S/C17H16BrNO5/c18-12-6-7-15(20)14(10-12)17(22)24-11-16(21)19-8-9-23-13-4-2-1-3-5-13/h1-7,10,20H,8-9,11H2,(H,19,21). The maximum atomic E-state index is 11.8. The summed E-state index contributed by atoms with van der Waals surface area (Å²) in [5.74, 6) is -0.720. The van der Waals surface area contributed by atoms with Gasteiger partial charge in [-0.2, -0.15) is 0 Å². The van der Waals surface area contributed by atoms with Crippen molar-refractivity contribution < 1.29 is 24.2 Å². The van der Waals surface area contributed by atoms with E-state index in [1.807, 2.05) is 30.3 Å². The van der Waals surface area contributed by atoms with Crippen LogP contribution in [0.15, 0.2) is 53.0 Å². The summed E-state index contributed by atoms with van der Waals surface area (Å²) in [5, 5.41) is 12.2. The number of carbonyl (C=O) groups is 2. The Morgan fingerprint density at radius 2 is 1.88 bits per heavy atom. The molecule has 7 heteroatoms. The molecule has 0 saturated carbocycles. The molecule has 6 nitrogen and oxygen atoms in total. The summed E-state index contributed by atoms with van der Waals surface area (Å²) in [4.78, 5) is 23.5. The Morgan fingerprint density at radius 3 is 2.62 bits per heavy atom. The lowest BCUT2D eigenvalue weighted by Gasteiger charge is -2.09. The minimum atomic E-state index is -0.774. The molecule has 24 heavy (non-hydrogen) atoms. The quantitative estimate of drug-likeness (QED) is 0.557. The Balaban J connectivity index is 1.69. The first-order chi connectivity index (χ1) is 11.6. The van der Waals surface area contributed by atoms with E-state index in [-0.39, 0.29) is 17.9 Å². The third-order valence-corrected chi connectivity index (χ3v) is 3.44. The summed E-state index contributed by atoms with van der Waals surface area (Å²) >= 11 is 3.19. The molecule has 0 unspecified atom stereocenters. The van der Waals surface area contributed by atoms with Gasteiger partial charge in [0, 0.05) is 4.47 Å². The number of phenolic OH excluding ortho intramolecular Hbond substituents is 1. The predicted octanol–water partition coefficient (Wildman–Crippen LogP) is 2.51. The molecule has 0 bridgehead atoms. The van der Waals surface area contributed by atoms with Crippen LogP contribution in [-0.4, -0.2) is 36.7 Å². The van der Waals surface area contributed by atoms with E-state index >= 15 is 0 Å². The number of benzene rings is 2. The van der Waals surface area contributed by atoms with E-state index in [9.17, 15) is 14.7 Å². The van der Waals surface area contributed by atoms with E-state index in [1.54, 1.807) is 6.07 Å². The molecule has 1 amide bonds. The maximum absolute atomic E-state index is 11.8. The van der Waals surface area contributed by atoms with E-state index in [1.165, 1.54) is 12.1 Å². The minimum absolute atomic E-state index is 0.00964. The van der Waals surface area contributed by atoms with Gasteiger partial charge in [-0.15, -0.1) is 0 Å². The Morgan fingerprint density at radius 1 is 1.12 bits per heavy atom. The van der Waals surface area contributed by atoms with Crippen LogP contribution in [0.2, 0.25) is 0 Å². The van der Waals surface area contributed by atoms with Crippen LogP contribution in [-0.2, 0) is 9.53 Å². The second-order valence-electron chi connectivity index (χ2n) is 4.75. The van der Waals surface area contributed by atoms with Crippen molar-refractivity contribution in [3.63, 3.8) is 0 Å². The Labute approximate surface area is 147 Å². The summed E-state index contributed by atoms with van der Waals surface area (Å²) in [6, 6.07) is 13.6. The zero-order valence-electron chi connectivity index (χ0n) is 12.7. The molecule has 2 N–H and O–H groups in total. The van der Waals surface area contributed by atoms with Gasteiger partial charge in [0.25, 0.3) is 5.91 Å². The van der Waals surface area contributed by atoms with E-state index in [2.05, 4.69) is 21.2 Å². The first kappa shape index (κ1) is 17.8. The highest BCUT2D eigenvalue weighted by Gasteiger charge is 2.14.